The zero-order chi connectivity index (χ0) is 8.85. The van der Waals surface area contributed by atoms with E-state index in [1.165, 1.54) is 7.05 Å². The second kappa shape index (κ2) is 4.64. The number of carboxylic acids is 2. The lowest BCUT2D eigenvalue weighted by Gasteiger charge is -2.09. The van der Waals surface area contributed by atoms with Crippen LogP contribution in [0.15, 0.2) is 0 Å². The third-order valence-corrected chi connectivity index (χ3v) is 0.995. The molecule has 0 bridgehead atoms. The van der Waals surface area contributed by atoms with Crippen molar-refractivity contribution in [2.24, 2.45) is 0 Å². The quantitative estimate of drug-likeness (QED) is 0.372. The fourth-order valence-corrected chi connectivity index (χ4v) is 0.549. The Morgan fingerprint density at radius 1 is 1.45 bits per heavy atom. The molecule has 64 valence electrons. The van der Waals surface area contributed by atoms with Gasteiger partial charge < -0.3 is 10.2 Å². The van der Waals surface area contributed by atoms with Gasteiger partial charge in [-0.1, -0.05) is 0 Å². The van der Waals surface area contributed by atoms with E-state index in [1.54, 1.807) is 0 Å². The van der Waals surface area contributed by atoms with Crippen LogP contribution in [-0.4, -0.2) is 35.2 Å². The Morgan fingerprint density at radius 2 is 2.00 bits per heavy atom. The van der Waals surface area contributed by atoms with Gasteiger partial charge in [-0.15, -0.1) is 0 Å². The van der Waals surface area contributed by atoms with E-state index in [2.05, 4.69) is 10.9 Å². The van der Waals surface area contributed by atoms with Crippen LogP contribution in [0.1, 0.15) is 6.42 Å². The average molecular weight is 162 g/mol. The van der Waals surface area contributed by atoms with Crippen molar-refractivity contribution in [3.8, 4) is 0 Å². The van der Waals surface area contributed by atoms with Crippen LogP contribution in [0.4, 0.5) is 0 Å². The Bertz CT molecular complexity index is 159. The van der Waals surface area contributed by atoms with E-state index in [4.69, 9.17) is 10.2 Å². The molecule has 6 heteroatoms. The molecule has 0 rings (SSSR count). The molecular formula is C5H10N2O4. The SMILES string of the molecule is CNN[C@@H](CC(=O)O)C(=O)O. The van der Waals surface area contributed by atoms with E-state index < -0.39 is 24.4 Å². The summed E-state index contributed by atoms with van der Waals surface area (Å²) >= 11 is 0. The second-order valence-electron chi connectivity index (χ2n) is 1.88. The molecule has 0 aliphatic rings. The van der Waals surface area contributed by atoms with E-state index in [0.717, 1.165) is 0 Å². The summed E-state index contributed by atoms with van der Waals surface area (Å²) in [5.74, 6) is -2.35. The number of aliphatic carboxylic acids is 2. The Morgan fingerprint density at radius 3 is 2.27 bits per heavy atom. The first kappa shape index (κ1) is 9.86. The Labute approximate surface area is 63.2 Å². The topological polar surface area (TPSA) is 98.7 Å². The molecule has 0 aromatic carbocycles. The monoisotopic (exact) mass is 162 g/mol. The molecule has 0 saturated heterocycles. The van der Waals surface area contributed by atoms with E-state index in [9.17, 15) is 9.59 Å². The second-order valence-corrected chi connectivity index (χ2v) is 1.88. The summed E-state index contributed by atoms with van der Waals surface area (Å²) in [7, 11) is 1.47. The summed E-state index contributed by atoms with van der Waals surface area (Å²) in [4.78, 5) is 20.3. The lowest BCUT2D eigenvalue weighted by molar-refractivity contribution is -0.146. The van der Waals surface area contributed by atoms with Crippen molar-refractivity contribution < 1.29 is 19.8 Å². The molecule has 0 radical (unpaired) electrons. The molecule has 0 aliphatic heterocycles. The van der Waals surface area contributed by atoms with Crippen LogP contribution in [-0.2, 0) is 9.59 Å². The van der Waals surface area contributed by atoms with Gasteiger partial charge in [0.05, 0.1) is 6.42 Å². The maximum atomic E-state index is 10.3. The van der Waals surface area contributed by atoms with Crippen LogP contribution in [0.5, 0.6) is 0 Å². The fraction of sp³-hybridized carbons (Fsp3) is 0.600. The van der Waals surface area contributed by atoms with Gasteiger partial charge in [-0.2, -0.15) is 0 Å². The normalized spacial score (nSPS) is 12.5. The van der Waals surface area contributed by atoms with Gasteiger partial charge in [-0.25, -0.2) is 5.43 Å². The van der Waals surface area contributed by atoms with Crippen LogP contribution in [0.3, 0.4) is 0 Å². The lowest BCUT2D eigenvalue weighted by Crippen LogP contribution is -2.44. The number of carboxylic acid groups (broad SMARTS) is 2. The number of rotatable bonds is 5. The number of hydrazine groups is 1. The maximum absolute atomic E-state index is 10.3. The maximum Gasteiger partial charge on any atom is 0.322 e. The van der Waals surface area contributed by atoms with Gasteiger partial charge in [0.25, 0.3) is 0 Å². The van der Waals surface area contributed by atoms with Gasteiger partial charge in [0.1, 0.15) is 6.04 Å². The first-order valence-electron chi connectivity index (χ1n) is 2.94. The van der Waals surface area contributed by atoms with Crippen molar-refractivity contribution in [1.29, 1.82) is 0 Å². The minimum absolute atomic E-state index is 0.448. The molecule has 0 saturated carbocycles. The molecular weight excluding hydrogens is 152 g/mol. The predicted octanol–water partition coefficient (Wildman–Crippen LogP) is -1.36. The highest BCUT2D eigenvalue weighted by atomic mass is 16.4. The van der Waals surface area contributed by atoms with Crippen LogP contribution < -0.4 is 10.9 Å². The molecule has 4 N–H and O–H groups in total. The van der Waals surface area contributed by atoms with Gasteiger partial charge in [-0.05, 0) is 7.05 Å². The Hall–Kier alpha value is -1.14. The smallest absolute Gasteiger partial charge is 0.322 e. The molecule has 1 atom stereocenters. The van der Waals surface area contributed by atoms with Crippen molar-refractivity contribution in [2.75, 3.05) is 7.05 Å². The molecule has 0 fully saturated rings. The van der Waals surface area contributed by atoms with Crippen LogP contribution in [0.25, 0.3) is 0 Å². The largest absolute Gasteiger partial charge is 0.481 e. The number of hydrogen-bond acceptors (Lipinski definition) is 4. The van der Waals surface area contributed by atoms with Crippen LogP contribution in [0.2, 0.25) is 0 Å². The zero-order valence-corrected chi connectivity index (χ0v) is 6.00. The van der Waals surface area contributed by atoms with Crippen molar-refractivity contribution in [3.05, 3.63) is 0 Å². The summed E-state index contributed by atoms with van der Waals surface area (Å²) in [6.07, 6.45) is -0.448. The highest BCUT2D eigenvalue weighted by molar-refractivity contribution is 5.80. The number of carbonyl (C=O) groups is 2. The standard InChI is InChI=1S/C5H10N2O4/c1-6-7-3(5(10)11)2-4(8)9/h3,6-7H,2H2,1H3,(H,8,9)(H,10,11)/t3-/m0/s1. The minimum atomic E-state index is -1.19. The molecule has 0 aromatic heterocycles. The third kappa shape index (κ3) is 4.29. The molecule has 0 spiro atoms. The van der Waals surface area contributed by atoms with Crippen molar-refractivity contribution in [3.63, 3.8) is 0 Å². The molecule has 6 nitrogen and oxygen atoms in total. The van der Waals surface area contributed by atoms with Gasteiger partial charge in [0.2, 0.25) is 0 Å². The van der Waals surface area contributed by atoms with Gasteiger partial charge in [0.15, 0.2) is 0 Å². The van der Waals surface area contributed by atoms with E-state index in [1.807, 2.05) is 0 Å². The van der Waals surface area contributed by atoms with Gasteiger partial charge in [-0.3, -0.25) is 15.0 Å². The summed E-state index contributed by atoms with van der Waals surface area (Å²) in [5.41, 5.74) is 4.64. The molecule has 0 aromatic rings. The highest BCUT2D eigenvalue weighted by Crippen LogP contribution is 1.89. The Kier molecular flexibility index (Phi) is 4.16. The first-order chi connectivity index (χ1) is 5.07. The highest BCUT2D eigenvalue weighted by Gasteiger charge is 2.19. The van der Waals surface area contributed by atoms with Crippen molar-refractivity contribution in [1.82, 2.24) is 10.9 Å². The summed E-state index contributed by atoms with van der Waals surface area (Å²) < 4.78 is 0. The number of hydrogen-bond donors (Lipinski definition) is 4. The number of nitrogens with one attached hydrogen (secondary N) is 2. The molecule has 0 unspecified atom stereocenters. The molecule has 0 amide bonds. The Balaban J connectivity index is 3.89. The summed E-state index contributed by atoms with van der Waals surface area (Å²) in [6, 6.07) is -1.09. The van der Waals surface area contributed by atoms with Crippen LogP contribution in [0, 0.1) is 0 Å². The summed E-state index contributed by atoms with van der Waals surface area (Å²) in [5, 5.41) is 16.6. The van der Waals surface area contributed by atoms with E-state index in [0.29, 0.717) is 0 Å². The minimum Gasteiger partial charge on any atom is -0.481 e. The fourth-order valence-electron chi connectivity index (χ4n) is 0.549. The van der Waals surface area contributed by atoms with E-state index >= 15 is 0 Å². The summed E-state index contributed by atoms with van der Waals surface area (Å²) in [6.45, 7) is 0. The van der Waals surface area contributed by atoms with Crippen LogP contribution >= 0.6 is 0 Å². The van der Waals surface area contributed by atoms with Crippen molar-refractivity contribution in [2.45, 2.75) is 12.5 Å². The van der Waals surface area contributed by atoms with Gasteiger partial charge in [0, 0.05) is 0 Å². The predicted molar refractivity (Wildman–Crippen MR) is 35.9 cm³/mol. The van der Waals surface area contributed by atoms with Crippen molar-refractivity contribution >= 4 is 11.9 Å². The average Bonchev–Trinajstić information content (AvgIpc) is 1.86. The molecule has 0 heterocycles. The zero-order valence-electron chi connectivity index (χ0n) is 6.00. The first-order valence-corrected chi connectivity index (χ1v) is 2.94. The molecule has 0 aliphatic carbocycles. The molecule has 11 heavy (non-hydrogen) atoms. The van der Waals surface area contributed by atoms with E-state index in [-0.39, 0.29) is 0 Å². The van der Waals surface area contributed by atoms with Gasteiger partial charge >= 0.3 is 11.9 Å². The lowest BCUT2D eigenvalue weighted by atomic mass is 10.2. The third-order valence-electron chi connectivity index (χ3n) is 0.995.